The average molecular weight is 307 g/mol. The van der Waals surface area contributed by atoms with Gasteiger partial charge in [-0.1, -0.05) is 19.1 Å². The van der Waals surface area contributed by atoms with Gasteiger partial charge in [0.1, 0.15) is 5.82 Å². The van der Waals surface area contributed by atoms with Gasteiger partial charge >= 0.3 is 6.03 Å². The summed E-state index contributed by atoms with van der Waals surface area (Å²) in [5.74, 6) is 0.484. The molecule has 0 bridgehead atoms. The van der Waals surface area contributed by atoms with Crippen molar-refractivity contribution in [2.75, 3.05) is 26.2 Å². The molecule has 1 aromatic rings. The molecular weight excluding hydrogens is 281 g/mol. The zero-order chi connectivity index (χ0) is 15.9. The molecule has 122 valence electrons. The van der Waals surface area contributed by atoms with Crippen LogP contribution in [0.3, 0.4) is 0 Å². The minimum absolute atomic E-state index is 0.143. The third kappa shape index (κ3) is 5.30. The van der Waals surface area contributed by atoms with Crippen molar-refractivity contribution in [1.29, 1.82) is 0 Å². The van der Waals surface area contributed by atoms with Crippen molar-refractivity contribution in [2.24, 2.45) is 5.92 Å². The van der Waals surface area contributed by atoms with Crippen LogP contribution in [0.25, 0.3) is 0 Å². The molecule has 0 aliphatic carbocycles. The molecule has 1 aliphatic heterocycles. The Morgan fingerprint density at radius 3 is 2.82 bits per heavy atom. The highest BCUT2D eigenvalue weighted by molar-refractivity contribution is 5.74. The normalized spacial score (nSPS) is 20.4. The largest absolute Gasteiger partial charge is 0.337 e. The Morgan fingerprint density at radius 2 is 2.14 bits per heavy atom. The maximum atomic E-state index is 12.9. The Balaban J connectivity index is 1.68. The number of carbonyl (C=O) groups is 1. The number of hydrogen-bond acceptors (Lipinski definition) is 2. The molecule has 0 aromatic heterocycles. The van der Waals surface area contributed by atoms with Gasteiger partial charge in [-0.3, -0.25) is 0 Å². The van der Waals surface area contributed by atoms with Crippen LogP contribution in [0.1, 0.15) is 38.3 Å². The molecule has 2 rings (SSSR count). The summed E-state index contributed by atoms with van der Waals surface area (Å²) in [6, 6.07) is 5.87. The monoisotopic (exact) mass is 307 g/mol. The Hall–Kier alpha value is -1.62. The topological polar surface area (TPSA) is 44.4 Å². The van der Waals surface area contributed by atoms with Gasteiger partial charge in [-0.05, 0) is 49.9 Å². The van der Waals surface area contributed by atoms with Gasteiger partial charge in [0.05, 0.1) is 6.04 Å². The van der Waals surface area contributed by atoms with Gasteiger partial charge in [-0.2, -0.15) is 0 Å². The van der Waals surface area contributed by atoms with Crippen LogP contribution in [-0.2, 0) is 0 Å². The van der Waals surface area contributed by atoms with Gasteiger partial charge in [-0.15, -0.1) is 0 Å². The maximum absolute atomic E-state index is 12.9. The van der Waals surface area contributed by atoms with Gasteiger partial charge in [0.15, 0.2) is 0 Å². The molecule has 1 fully saturated rings. The van der Waals surface area contributed by atoms with E-state index in [4.69, 9.17) is 0 Å². The Bertz CT molecular complexity index is 477. The summed E-state index contributed by atoms with van der Waals surface area (Å²) in [6.07, 6.45) is 2.55. The van der Waals surface area contributed by atoms with E-state index in [2.05, 4.69) is 22.5 Å². The fourth-order valence-corrected chi connectivity index (χ4v) is 2.90. The van der Waals surface area contributed by atoms with E-state index in [-0.39, 0.29) is 17.9 Å². The van der Waals surface area contributed by atoms with Crippen LogP contribution in [0.4, 0.5) is 9.18 Å². The molecule has 2 N–H and O–H groups in total. The van der Waals surface area contributed by atoms with Crippen molar-refractivity contribution >= 4 is 6.03 Å². The summed E-state index contributed by atoms with van der Waals surface area (Å²) in [4.78, 5) is 14.3. The molecule has 1 aromatic carbocycles. The predicted octanol–water partition coefficient (Wildman–Crippen LogP) is 2.92. The molecular formula is C17H26FN3O. The van der Waals surface area contributed by atoms with Gasteiger partial charge in [0.25, 0.3) is 0 Å². The van der Waals surface area contributed by atoms with E-state index in [0.29, 0.717) is 6.54 Å². The summed E-state index contributed by atoms with van der Waals surface area (Å²) in [7, 11) is 0. The van der Waals surface area contributed by atoms with Crippen molar-refractivity contribution in [2.45, 2.75) is 32.7 Å². The third-order valence-electron chi connectivity index (χ3n) is 4.17. The van der Waals surface area contributed by atoms with Gasteiger partial charge in [0, 0.05) is 19.6 Å². The molecule has 0 radical (unpaired) electrons. The maximum Gasteiger partial charge on any atom is 0.315 e. The summed E-state index contributed by atoms with van der Waals surface area (Å²) in [5.41, 5.74) is 0.890. The van der Waals surface area contributed by atoms with E-state index in [9.17, 15) is 9.18 Å². The molecule has 0 saturated carbocycles. The van der Waals surface area contributed by atoms with Crippen molar-refractivity contribution in [3.05, 3.63) is 35.6 Å². The van der Waals surface area contributed by atoms with E-state index in [1.165, 1.54) is 25.0 Å². The van der Waals surface area contributed by atoms with Crippen LogP contribution in [0.15, 0.2) is 24.3 Å². The van der Waals surface area contributed by atoms with Crippen LogP contribution >= 0.6 is 0 Å². The minimum atomic E-state index is -0.267. The first-order valence-electron chi connectivity index (χ1n) is 8.07. The first-order chi connectivity index (χ1) is 10.5. The summed E-state index contributed by atoms with van der Waals surface area (Å²) in [6.45, 7) is 7.95. The molecule has 2 amide bonds. The fourth-order valence-electron chi connectivity index (χ4n) is 2.90. The second-order valence-corrected chi connectivity index (χ2v) is 6.22. The van der Waals surface area contributed by atoms with E-state index >= 15 is 0 Å². The summed E-state index contributed by atoms with van der Waals surface area (Å²) in [5, 5.41) is 5.76. The van der Waals surface area contributed by atoms with Crippen molar-refractivity contribution in [3.63, 3.8) is 0 Å². The van der Waals surface area contributed by atoms with Gasteiger partial charge < -0.3 is 15.5 Å². The number of piperidine rings is 1. The lowest BCUT2D eigenvalue weighted by Gasteiger charge is -2.30. The molecule has 2 atom stereocenters. The van der Waals surface area contributed by atoms with E-state index in [0.717, 1.165) is 31.1 Å². The lowest BCUT2D eigenvalue weighted by Crippen LogP contribution is -2.43. The van der Waals surface area contributed by atoms with Crippen LogP contribution in [0.5, 0.6) is 0 Å². The smallest absolute Gasteiger partial charge is 0.315 e. The first kappa shape index (κ1) is 16.7. The number of hydrogen-bond donors (Lipinski definition) is 2. The lowest BCUT2D eigenvalue weighted by molar-refractivity contribution is 0.183. The highest BCUT2D eigenvalue weighted by atomic mass is 19.1. The Morgan fingerprint density at radius 1 is 1.41 bits per heavy atom. The average Bonchev–Trinajstić information content (AvgIpc) is 2.48. The Kier molecular flexibility index (Phi) is 6.19. The lowest BCUT2D eigenvalue weighted by atomic mass is 10.0. The van der Waals surface area contributed by atoms with Crippen molar-refractivity contribution < 1.29 is 9.18 Å². The van der Waals surface area contributed by atoms with Crippen molar-refractivity contribution in [3.8, 4) is 0 Å². The molecule has 1 heterocycles. The highest BCUT2D eigenvalue weighted by Gasteiger charge is 2.16. The molecule has 1 aliphatic rings. The van der Waals surface area contributed by atoms with Gasteiger partial charge in [0.2, 0.25) is 0 Å². The number of rotatable bonds is 5. The van der Waals surface area contributed by atoms with Crippen LogP contribution < -0.4 is 10.6 Å². The first-order valence-corrected chi connectivity index (χ1v) is 8.07. The number of likely N-dealkylation sites (tertiary alicyclic amines) is 1. The quantitative estimate of drug-likeness (QED) is 0.878. The number of nitrogens with one attached hydrogen (secondary N) is 2. The molecule has 22 heavy (non-hydrogen) atoms. The fraction of sp³-hybridized carbons (Fsp3) is 0.588. The molecule has 4 nitrogen and oxygen atoms in total. The number of halogens is 1. The second-order valence-electron chi connectivity index (χ2n) is 6.22. The SMILES string of the molecule is C[C@H]1CCCN(CCNC(=O)N[C@H](C)c2ccc(F)cc2)C1. The number of urea groups is 1. The van der Waals surface area contributed by atoms with Crippen LogP contribution in [0.2, 0.25) is 0 Å². The highest BCUT2D eigenvalue weighted by Crippen LogP contribution is 2.14. The molecule has 0 unspecified atom stereocenters. The zero-order valence-corrected chi connectivity index (χ0v) is 13.4. The molecule has 1 saturated heterocycles. The third-order valence-corrected chi connectivity index (χ3v) is 4.17. The van der Waals surface area contributed by atoms with Crippen LogP contribution in [-0.4, -0.2) is 37.1 Å². The number of nitrogens with zero attached hydrogens (tertiary/aromatic N) is 1. The van der Waals surface area contributed by atoms with Crippen LogP contribution in [0, 0.1) is 11.7 Å². The zero-order valence-electron chi connectivity index (χ0n) is 13.4. The summed E-state index contributed by atoms with van der Waals surface area (Å²) < 4.78 is 12.9. The second kappa shape index (κ2) is 8.13. The predicted molar refractivity (Wildman–Crippen MR) is 86.2 cm³/mol. The van der Waals surface area contributed by atoms with E-state index in [1.807, 2.05) is 6.92 Å². The molecule has 5 heteroatoms. The number of carbonyl (C=O) groups excluding carboxylic acids is 1. The van der Waals surface area contributed by atoms with E-state index < -0.39 is 0 Å². The van der Waals surface area contributed by atoms with Gasteiger partial charge in [-0.25, -0.2) is 9.18 Å². The minimum Gasteiger partial charge on any atom is -0.337 e. The summed E-state index contributed by atoms with van der Waals surface area (Å²) >= 11 is 0. The Labute approximate surface area is 132 Å². The number of amides is 2. The number of benzene rings is 1. The molecule has 0 spiro atoms. The van der Waals surface area contributed by atoms with E-state index in [1.54, 1.807) is 12.1 Å². The van der Waals surface area contributed by atoms with Crippen molar-refractivity contribution in [1.82, 2.24) is 15.5 Å². The standard InChI is InChI=1S/C17H26FN3O/c1-13-4-3-10-21(12-13)11-9-19-17(22)20-14(2)15-5-7-16(18)8-6-15/h5-8,13-14H,3-4,9-12H2,1-2H3,(H2,19,20,22)/t13-,14+/m0/s1.